The summed E-state index contributed by atoms with van der Waals surface area (Å²) in [7, 11) is 0. The number of para-hydroxylation sites is 1. The third kappa shape index (κ3) is 3.33. The van der Waals surface area contributed by atoms with Crippen molar-refractivity contribution in [2.75, 3.05) is 5.32 Å². The second-order valence-corrected chi connectivity index (χ2v) is 4.32. The molecule has 2 aromatic rings. The second-order valence-electron chi connectivity index (χ2n) is 3.38. The number of carbonyl (C=O) groups excluding carboxylic acids is 2. The first-order valence-electron chi connectivity index (χ1n) is 5.21. The Labute approximate surface area is 108 Å². The van der Waals surface area contributed by atoms with E-state index in [1.807, 2.05) is 6.07 Å². The van der Waals surface area contributed by atoms with Crippen LogP contribution in [0.25, 0.3) is 0 Å². The van der Waals surface area contributed by atoms with Gasteiger partial charge in [-0.1, -0.05) is 24.3 Å². The first-order valence-corrected chi connectivity index (χ1v) is 6.09. The van der Waals surface area contributed by atoms with E-state index in [1.165, 1.54) is 11.3 Å². The zero-order chi connectivity index (χ0) is 12.8. The van der Waals surface area contributed by atoms with Gasteiger partial charge < -0.3 is 5.32 Å². The highest BCUT2D eigenvalue weighted by Crippen LogP contribution is 2.07. The molecule has 1 aromatic heterocycles. The molecule has 6 heteroatoms. The zero-order valence-electron chi connectivity index (χ0n) is 9.34. The smallest absolute Gasteiger partial charge is 0.307 e. The maximum atomic E-state index is 11.5. The SMILES string of the molecule is O=C(NNC(=O)c1cccs1)Nc1ccccc1. The Morgan fingerprint density at radius 1 is 0.944 bits per heavy atom. The third-order valence-corrected chi connectivity index (χ3v) is 2.93. The van der Waals surface area contributed by atoms with Crippen LogP contribution in [-0.4, -0.2) is 11.9 Å². The Morgan fingerprint density at radius 3 is 2.39 bits per heavy atom. The van der Waals surface area contributed by atoms with Gasteiger partial charge in [0, 0.05) is 5.69 Å². The molecule has 1 aromatic carbocycles. The fourth-order valence-electron chi connectivity index (χ4n) is 1.27. The summed E-state index contributed by atoms with van der Waals surface area (Å²) in [6.07, 6.45) is 0. The van der Waals surface area contributed by atoms with E-state index in [2.05, 4.69) is 16.2 Å². The molecule has 92 valence electrons. The minimum Gasteiger partial charge on any atom is -0.307 e. The molecular formula is C12H11N3O2S. The van der Waals surface area contributed by atoms with E-state index in [9.17, 15) is 9.59 Å². The molecule has 2 rings (SSSR count). The first-order chi connectivity index (χ1) is 8.75. The summed E-state index contributed by atoms with van der Waals surface area (Å²) in [4.78, 5) is 23.5. The molecule has 0 atom stereocenters. The lowest BCUT2D eigenvalue weighted by Crippen LogP contribution is -2.43. The van der Waals surface area contributed by atoms with Gasteiger partial charge >= 0.3 is 6.03 Å². The minimum absolute atomic E-state index is 0.340. The van der Waals surface area contributed by atoms with Gasteiger partial charge in [0.15, 0.2) is 0 Å². The van der Waals surface area contributed by atoms with Crippen LogP contribution in [0.1, 0.15) is 9.67 Å². The van der Waals surface area contributed by atoms with E-state index in [-0.39, 0.29) is 5.91 Å². The van der Waals surface area contributed by atoms with Crippen molar-refractivity contribution in [1.29, 1.82) is 0 Å². The monoisotopic (exact) mass is 261 g/mol. The number of benzene rings is 1. The van der Waals surface area contributed by atoms with Crippen LogP contribution in [0.4, 0.5) is 10.5 Å². The lowest BCUT2D eigenvalue weighted by Gasteiger charge is -2.07. The molecule has 0 aliphatic rings. The largest absolute Gasteiger partial charge is 0.337 e. The maximum absolute atomic E-state index is 11.5. The van der Waals surface area contributed by atoms with Crippen molar-refractivity contribution in [2.24, 2.45) is 0 Å². The van der Waals surface area contributed by atoms with Gasteiger partial charge in [-0.05, 0) is 23.6 Å². The molecule has 0 radical (unpaired) electrons. The molecule has 0 fully saturated rings. The molecule has 1 heterocycles. The third-order valence-electron chi connectivity index (χ3n) is 2.07. The predicted octanol–water partition coefficient (Wildman–Crippen LogP) is 2.21. The highest BCUT2D eigenvalue weighted by Gasteiger charge is 2.07. The van der Waals surface area contributed by atoms with Gasteiger partial charge in [0.25, 0.3) is 5.91 Å². The molecule has 0 bridgehead atoms. The summed E-state index contributed by atoms with van der Waals surface area (Å²) in [5, 5.41) is 4.37. The van der Waals surface area contributed by atoms with Gasteiger partial charge in [-0.2, -0.15) is 0 Å². The number of nitrogens with one attached hydrogen (secondary N) is 3. The molecule has 0 aliphatic carbocycles. The summed E-state index contributed by atoms with van der Waals surface area (Å²) in [5.41, 5.74) is 5.24. The van der Waals surface area contributed by atoms with E-state index in [0.717, 1.165) is 0 Å². The summed E-state index contributed by atoms with van der Waals surface area (Å²) < 4.78 is 0. The topological polar surface area (TPSA) is 70.2 Å². The molecule has 0 unspecified atom stereocenters. The van der Waals surface area contributed by atoms with Crippen molar-refractivity contribution in [3.05, 3.63) is 52.7 Å². The van der Waals surface area contributed by atoms with E-state index in [1.54, 1.807) is 41.8 Å². The van der Waals surface area contributed by atoms with Crippen molar-refractivity contribution in [3.8, 4) is 0 Å². The van der Waals surface area contributed by atoms with Gasteiger partial charge in [0.1, 0.15) is 0 Å². The molecule has 0 saturated carbocycles. The van der Waals surface area contributed by atoms with Crippen molar-refractivity contribution in [2.45, 2.75) is 0 Å². The van der Waals surface area contributed by atoms with Crippen LogP contribution in [0, 0.1) is 0 Å². The number of thiophene rings is 1. The summed E-state index contributed by atoms with van der Waals surface area (Å²) in [5.74, 6) is -0.340. The quantitative estimate of drug-likeness (QED) is 0.725. The van der Waals surface area contributed by atoms with Gasteiger partial charge in [-0.15, -0.1) is 11.3 Å². The predicted molar refractivity (Wildman–Crippen MR) is 70.4 cm³/mol. The molecule has 0 saturated heterocycles. The Kier molecular flexibility index (Phi) is 3.93. The average molecular weight is 261 g/mol. The van der Waals surface area contributed by atoms with Gasteiger partial charge in [-0.3, -0.25) is 10.2 Å². The Balaban J connectivity index is 1.80. The summed E-state index contributed by atoms with van der Waals surface area (Å²) in [6, 6.07) is 11.9. The van der Waals surface area contributed by atoms with Crippen LogP contribution in [0.15, 0.2) is 47.8 Å². The van der Waals surface area contributed by atoms with E-state index >= 15 is 0 Å². The standard InChI is InChI=1S/C12H11N3O2S/c16-11(10-7-4-8-18-10)14-15-12(17)13-9-5-2-1-3-6-9/h1-8H,(H,14,16)(H2,13,15,17). The van der Waals surface area contributed by atoms with Crippen LogP contribution in [-0.2, 0) is 0 Å². The Morgan fingerprint density at radius 2 is 1.72 bits per heavy atom. The van der Waals surface area contributed by atoms with E-state index in [0.29, 0.717) is 10.6 Å². The number of rotatable bonds is 2. The van der Waals surface area contributed by atoms with Gasteiger partial charge in [-0.25, -0.2) is 10.2 Å². The van der Waals surface area contributed by atoms with Crippen molar-refractivity contribution in [3.63, 3.8) is 0 Å². The van der Waals surface area contributed by atoms with Crippen LogP contribution < -0.4 is 16.2 Å². The van der Waals surface area contributed by atoms with Crippen LogP contribution in [0.3, 0.4) is 0 Å². The summed E-state index contributed by atoms with van der Waals surface area (Å²) >= 11 is 1.30. The average Bonchev–Trinajstić information content (AvgIpc) is 2.91. The minimum atomic E-state index is -0.494. The van der Waals surface area contributed by atoms with Crippen LogP contribution in [0.5, 0.6) is 0 Å². The summed E-state index contributed by atoms with van der Waals surface area (Å²) in [6.45, 7) is 0. The van der Waals surface area contributed by atoms with Crippen molar-refractivity contribution < 1.29 is 9.59 Å². The number of hydrogen-bond donors (Lipinski definition) is 3. The normalized spacial score (nSPS) is 9.56. The Bertz CT molecular complexity index is 526. The second kappa shape index (κ2) is 5.83. The van der Waals surface area contributed by atoms with E-state index in [4.69, 9.17) is 0 Å². The molecule has 3 N–H and O–H groups in total. The zero-order valence-corrected chi connectivity index (χ0v) is 10.2. The van der Waals surface area contributed by atoms with Crippen LogP contribution in [0.2, 0.25) is 0 Å². The molecular weight excluding hydrogens is 250 g/mol. The number of amides is 3. The fraction of sp³-hybridized carbons (Fsp3) is 0. The molecule has 0 spiro atoms. The Hall–Kier alpha value is -2.34. The van der Waals surface area contributed by atoms with E-state index < -0.39 is 6.03 Å². The highest BCUT2D eigenvalue weighted by atomic mass is 32.1. The highest BCUT2D eigenvalue weighted by molar-refractivity contribution is 7.12. The lowest BCUT2D eigenvalue weighted by molar-refractivity contribution is 0.0942. The molecule has 3 amide bonds. The molecule has 18 heavy (non-hydrogen) atoms. The van der Waals surface area contributed by atoms with Gasteiger partial charge in [0.2, 0.25) is 0 Å². The van der Waals surface area contributed by atoms with Gasteiger partial charge in [0.05, 0.1) is 4.88 Å². The first kappa shape index (κ1) is 12.1. The van der Waals surface area contributed by atoms with Crippen molar-refractivity contribution in [1.82, 2.24) is 10.9 Å². The molecule has 5 nitrogen and oxygen atoms in total. The fourth-order valence-corrected chi connectivity index (χ4v) is 1.89. The number of hydrogen-bond acceptors (Lipinski definition) is 3. The number of urea groups is 1. The number of anilines is 1. The number of hydrazine groups is 1. The van der Waals surface area contributed by atoms with Crippen LogP contribution >= 0.6 is 11.3 Å². The number of carbonyl (C=O) groups is 2. The molecule has 0 aliphatic heterocycles. The lowest BCUT2D eigenvalue weighted by atomic mass is 10.3. The maximum Gasteiger partial charge on any atom is 0.337 e. The van der Waals surface area contributed by atoms with Crippen molar-refractivity contribution >= 4 is 29.0 Å².